The molecular weight excluding hydrogens is 250 g/mol. The average molecular weight is 263 g/mol. The van der Waals surface area contributed by atoms with Crippen molar-refractivity contribution in [3.63, 3.8) is 0 Å². The van der Waals surface area contributed by atoms with Crippen LogP contribution in [-0.4, -0.2) is 13.4 Å². The van der Waals surface area contributed by atoms with Crippen LogP contribution >= 0.6 is 0 Å². The number of sulfonamides is 1. The topological polar surface area (TPSA) is 85.1 Å². The minimum absolute atomic E-state index is 0.237. The van der Waals surface area contributed by atoms with E-state index in [0.717, 1.165) is 0 Å². The van der Waals surface area contributed by atoms with E-state index in [1.807, 2.05) is 0 Å². The highest BCUT2D eigenvalue weighted by atomic mass is 32.2. The summed E-state index contributed by atoms with van der Waals surface area (Å²) >= 11 is 0. The van der Waals surface area contributed by atoms with Crippen molar-refractivity contribution in [3.05, 3.63) is 48.3 Å². The quantitative estimate of drug-likeness (QED) is 0.883. The van der Waals surface area contributed by atoms with Gasteiger partial charge in [0.2, 0.25) is 0 Å². The lowest BCUT2D eigenvalue weighted by Crippen LogP contribution is -2.15. The van der Waals surface area contributed by atoms with Gasteiger partial charge < -0.3 is 5.73 Å². The maximum absolute atomic E-state index is 12.2. The predicted molar refractivity (Wildman–Crippen MR) is 70.6 cm³/mol. The van der Waals surface area contributed by atoms with Crippen molar-refractivity contribution < 1.29 is 8.42 Å². The number of aryl methyl sites for hydroxylation is 1. The maximum atomic E-state index is 12.2. The van der Waals surface area contributed by atoms with Gasteiger partial charge >= 0.3 is 0 Å². The third-order valence-corrected chi connectivity index (χ3v) is 4.01. The maximum Gasteiger partial charge on any atom is 0.262 e. The van der Waals surface area contributed by atoms with Crippen LogP contribution in [0.1, 0.15) is 5.56 Å². The first-order valence-corrected chi connectivity index (χ1v) is 6.77. The van der Waals surface area contributed by atoms with Crippen LogP contribution in [0, 0.1) is 6.92 Å². The number of nitrogen functional groups attached to an aromatic ring is 1. The Hall–Kier alpha value is -2.08. The lowest BCUT2D eigenvalue weighted by molar-refractivity contribution is 0.600. The first-order chi connectivity index (χ1) is 8.50. The summed E-state index contributed by atoms with van der Waals surface area (Å²) in [6, 6.07) is 8.28. The minimum Gasteiger partial charge on any atom is -0.396 e. The number of benzene rings is 1. The molecule has 2 rings (SSSR count). The van der Waals surface area contributed by atoms with Crippen LogP contribution in [0.15, 0.2) is 47.6 Å². The highest BCUT2D eigenvalue weighted by Crippen LogP contribution is 2.22. The van der Waals surface area contributed by atoms with Gasteiger partial charge in [0, 0.05) is 6.20 Å². The van der Waals surface area contributed by atoms with E-state index < -0.39 is 10.0 Å². The molecule has 0 saturated heterocycles. The molecule has 1 heterocycles. The molecule has 1 aromatic heterocycles. The Kier molecular flexibility index (Phi) is 3.20. The van der Waals surface area contributed by atoms with E-state index in [1.54, 1.807) is 31.2 Å². The largest absolute Gasteiger partial charge is 0.396 e. The molecule has 18 heavy (non-hydrogen) atoms. The molecule has 0 aliphatic heterocycles. The molecule has 1 aromatic carbocycles. The smallest absolute Gasteiger partial charge is 0.262 e. The highest BCUT2D eigenvalue weighted by Gasteiger charge is 2.17. The Morgan fingerprint density at radius 1 is 1.22 bits per heavy atom. The summed E-state index contributed by atoms with van der Waals surface area (Å²) < 4.78 is 26.8. The molecule has 0 atom stereocenters. The SMILES string of the molecule is Cc1ccccc1S(=O)(=O)Nc1ccncc1N. The number of anilines is 2. The van der Waals surface area contributed by atoms with Crippen LogP contribution in [-0.2, 0) is 10.0 Å². The van der Waals surface area contributed by atoms with Gasteiger partial charge in [-0.3, -0.25) is 9.71 Å². The standard InChI is InChI=1S/C12H13N3O2S/c1-9-4-2-3-5-12(9)18(16,17)15-11-6-7-14-8-10(11)13/h2-8H,13H2,1H3,(H,14,15). The number of nitrogens with one attached hydrogen (secondary N) is 1. The molecule has 0 amide bonds. The fourth-order valence-corrected chi connectivity index (χ4v) is 2.89. The summed E-state index contributed by atoms with van der Waals surface area (Å²) in [5.41, 5.74) is 6.95. The first-order valence-electron chi connectivity index (χ1n) is 5.28. The number of nitrogens with zero attached hydrogens (tertiary/aromatic N) is 1. The summed E-state index contributed by atoms with van der Waals surface area (Å²) in [5, 5.41) is 0. The van der Waals surface area contributed by atoms with Gasteiger partial charge in [-0.1, -0.05) is 18.2 Å². The average Bonchev–Trinajstić information content (AvgIpc) is 2.32. The van der Waals surface area contributed by atoms with Gasteiger partial charge in [-0.25, -0.2) is 8.42 Å². The van der Waals surface area contributed by atoms with Gasteiger partial charge in [0.05, 0.1) is 22.5 Å². The Morgan fingerprint density at radius 2 is 1.94 bits per heavy atom. The molecule has 5 nitrogen and oxygen atoms in total. The van der Waals surface area contributed by atoms with Crippen LogP contribution in [0.25, 0.3) is 0 Å². The van der Waals surface area contributed by atoms with E-state index in [1.165, 1.54) is 18.5 Å². The Labute approximate surface area is 106 Å². The van der Waals surface area contributed by atoms with E-state index in [-0.39, 0.29) is 10.6 Å². The number of hydrogen-bond acceptors (Lipinski definition) is 4. The lowest BCUT2D eigenvalue weighted by atomic mass is 10.2. The number of nitrogens with two attached hydrogens (primary N) is 1. The van der Waals surface area contributed by atoms with E-state index in [9.17, 15) is 8.42 Å². The van der Waals surface area contributed by atoms with Gasteiger partial charge in [0.15, 0.2) is 0 Å². The van der Waals surface area contributed by atoms with Crippen molar-refractivity contribution in [1.82, 2.24) is 4.98 Å². The molecule has 0 unspecified atom stereocenters. The summed E-state index contributed by atoms with van der Waals surface area (Å²) in [6.07, 6.45) is 2.88. The summed E-state index contributed by atoms with van der Waals surface area (Å²) in [5.74, 6) is 0. The highest BCUT2D eigenvalue weighted by molar-refractivity contribution is 7.92. The second-order valence-electron chi connectivity index (χ2n) is 3.83. The van der Waals surface area contributed by atoms with Crippen LogP contribution in [0.3, 0.4) is 0 Å². The van der Waals surface area contributed by atoms with Crippen molar-refractivity contribution in [2.75, 3.05) is 10.5 Å². The van der Waals surface area contributed by atoms with Gasteiger partial charge in [-0.05, 0) is 24.6 Å². The zero-order valence-corrected chi connectivity index (χ0v) is 10.6. The molecular formula is C12H13N3O2S. The second-order valence-corrected chi connectivity index (χ2v) is 5.48. The van der Waals surface area contributed by atoms with Crippen LogP contribution in [0.4, 0.5) is 11.4 Å². The molecule has 0 fully saturated rings. The fourth-order valence-electron chi connectivity index (χ4n) is 1.56. The number of pyridine rings is 1. The van der Waals surface area contributed by atoms with Crippen molar-refractivity contribution in [1.29, 1.82) is 0 Å². The van der Waals surface area contributed by atoms with Crippen molar-refractivity contribution >= 4 is 21.4 Å². The number of aromatic nitrogens is 1. The summed E-state index contributed by atoms with van der Waals surface area (Å²) in [7, 11) is -3.62. The summed E-state index contributed by atoms with van der Waals surface area (Å²) in [6.45, 7) is 1.74. The van der Waals surface area contributed by atoms with Gasteiger partial charge in [0.25, 0.3) is 10.0 Å². The normalized spacial score (nSPS) is 11.2. The zero-order valence-electron chi connectivity index (χ0n) is 9.79. The fraction of sp³-hybridized carbons (Fsp3) is 0.0833. The van der Waals surface area contributed by atoms with Crippen LogP contribution in [0.2, 0.25) is 0 Å². The molecule has 0 aliphatic rings. The Morgan fingerprint density at radius 3 is 2.61 bits per heavy atom. The van der Waals surface area contributed by atoms with Crippen molar-refractivity contribution in [2.24, 2.45) is 0 Å². The second kappa shape index (κ2) is 4.66. The Balaban J connectivity index is 2.40. The molecule has 2 aromatic rings. The van der Waals surface area contributed by atoms with Gasteiger partial charge in [-0.2, -0.15) is 0 Å². The lowest BCUT2D eigenvalue weighted by Gasteiger charge is -2.11. The summed E-state index contributed by atoms with van der Waals surface area (Å²) in [4.78, 5) is 4.04. The predicted octanol–water partition coefficient (Wildman–Crippen LogP) is 1.77. The molecule has 0 radical (unpaired) electrons. The molecule has 0 saturated carbocycles. The molecule has 0 aliphatic carbocycles. The van der Waals surface area contributed by atoms with Crippen molar-refractivity contribution in [2.45, 2.75) is 11.8 Å². The van der Waals surface area contributed by atoms with Crippen LogP contribution in [0.5, 0.6) is 0 Å². The Bertz CT molecular complexity index is 669. The van der Waals surface area contributed by atoms with E-state index in [4.69, 9.17) is 5.73 Å². The zero-order chi connectivity index (χ0) is 13.2. The number of rotatable bonds is 3. The monoisotopic (exact) mass is 263 g/mol. The van der Waals surface area contributed by atoms with Gasteiger partial charge in [-0.15, -0.1) is 0 Å². The van der Waals surface area contributed by atoms with E-state index >= 15 is 0 Å². The van der Waals surface area contributed by atoms with E-state index in [0.29, 0.717) is 11.3 Å². The third kappa shape index (κ3) is 2.43. The first kappa shape index (κ1) is 12.4. The van der Waals surface area contributed by atoms with E-state index in [2.05, 4.69) is 9.71 Å². The van der Waals surface area contributed by atoms with Crippen molar-refractivity contribution in [3.8, 4) is 0 Å². The molecule has 0 bridgehead atoms. The molecule has 6 heteroatoms. The van der Waals surface area contributed by atoms with Gasteiger partial charge in [0.1, 0.15) is 0 Å². The molecule has 94 valence electrons. The molecule has 3 N–H and O–H groups in total. The number of hydrogen-bond donors (Lipinski definition) is 2. The molecule has 0 spiro atoms. The third-order valence-electron chi connectivity index (χ3n) is 2.48. The minimum atomic E-state index is -3.62. The van der Waals surface area contributed by atoms with Crippen LogP contribution < -0.4 is 10.5 Å².